The fraction of sp³-hybridized carbons (Fsp3) is 0.0952. The van der Waals surface area contributed by atoms with E-state index >= 15 is 0 Å². The van der Waals surface area contributed by atoms with Crippen LogP contribution >= 0.6 is 0 Å². The Labute approximate surface area is 136 Å². The van der Waals surface area contributed by atoms with Crippen molar-refractivity contribution in [2.45, 2.75) is 12.8 Å². The van der Waals surface area contributed by atoms with Crippen LogP contribution < -0.4 is 5.11 Å². The van der Waals surface area contributed by atoms with Gasteiger partial charge in [-0.25, -0.2) is 0 Å². The molecule has 2 heteroatoms. The molecular formula is C21H17O2-. The summed E-state index contributed by atoms with van der Waals surface area (Å²) in [5.74, 6) is -1.02. The number of carbonyl (C=O) groups is 1. The van der Waals surface area contributed by atoms with Crippen molar-refractivity contribution < 1.29 is 9.90 Å². The number of carboxylic acid groups (broad SMARTS) is 1. The first-order valence-electron chi connectivity index (χ1n) is 7.67. The van der Waals surface area contributed by atoms with E-state index in [4.69, 9.17) is 0 Å². The minimum absolute atomic E-state index is 0.0371. The molecule has 0 saturated carbocycles. The number of rotatable bonds is 5. The van der Waals surface area contributed by atoms with Crippen molar-refractivity contribution >= 4 is 5.97 Å². The van der Waals surface area contributed by atoms with Crippen molar-refractivity contribution in [1.29, 1.82) is 0 Å². The topological polar surface area (TPSA) is 40.1 Å². The van der Waals surface area contributed by atoms with E-state index in [1.54, 1.807) is 0 Å². The lowest BCUT2D eigenvalue weighted by atomic mass is 9.94. The maximum atomic E-state index is 10.7. The van der Waals surface area contributed by atoms with Gasteiger partial charge >= 0.3 is 0 Å². The number of carbonyl (C=O) groups excluding carboxylic acids is 1. The first kappa shape index (κ1) is 15.0. The molecule has 2 nitrogen and oxygen atoms in total. The zero-order valence-corrected chi connectivity index (χ0v) is 12.7. The van der Waals surface area contributed by atoms with Crippen LogP contribution in [-0.4, -0.2) is 5.97 Å². The van der Waals surface area contributed by atoms with Gasteiger partial charge in [-0.15, -0.1) is 0 Å². The molecule has 0 aromatic heterocycles. The Morgan fingerprint density at radius 1 is 0.739 bits per heavy atom. The second kappa shape index (κ2) is 6.93. The summed E-state index contributed by atoms with van der Waals surface area (Å²) in [5.41, 5.74) is 5.52. The first-order valence-corrected chi connectivity index (χ1v) is 7.67. The highest BCUT2D eigenvalue weighted by Crippen LogP contribution is 2.29. The molecule has 0 heterocycles. The number of benzene rings is 3. The summed E-state index contributed by atoms with van der Waals surface area (Å²) in [5, 5.41) is 10.7. The lowest BCUT2D eigenvalue weighted by molar-refractivity contribution is -0.305. The highest BCUT2D eigenvalue weighted by atomic mass is 16.4. The van der Waals surface area contributed by atoms with E-state index in [0.717, 1.165) is 22.3 Å². The van der Waals surface area contributed by atoms with Crippen LogP contribution in [0.3, 0.4) is 0 Å². The van der Waals surface area contributed by atoms with Gasteiger partial charge in [0.05, 0.1) is 0 Å². The van der Waals surface area contributed by atoms with Crippen LogP contribution in [0.2, 0.25) is 0 Å². The zero-order valence-electron chi connectivity index (χ0n) is 12.7. The molecule has 0 amide bonds. The monoisotopic (exact) mass is 301 g/mol. The molecule has 0 aliphatic heterocycles. The van der Waals surface area contributed by atoms with Gasteiger partial charge in [-0.1, -0.05) is 72.8 Å². The van der Waals surface area contributed by atoms with Crippen molar-refractivity contribution in [3.05, 3.63) is 84.4 Å². The number of carboxylic acids is 1. The van der Waals surface area contributed by atoms with E-state index in [2.05, 4.69) is 30.3 Å². The van der Waals surface area contributed by atoms with E-state index in [9.17, 15) is 9.90 Å². The molecular weight excluding hydrogens is 284 g/mol. The minimum atomic E-state index is -1.02. The SMILES string of the molecule is O=C([O-])CCc1ccccc1-c1cccc(-c2ccccc2)c1. The Kier molecular flexibility index (Phi) is 4.53. The lowest BCUT2D eigenvalue weighted by Gasteiger charge is -2.11. The molecule has 0 saturated heterocycles. The van der Waals surface area contributed by atoms with E-state index in [0.29, 0.717) is 6.42 Å². The third-order valence-electron chi connectivity index (χ3n) is 3.90. The quantitative estimate of drug-likeness (QED) is 0.721. The maximum Gasteiger partial charge on any atom is 0.0417 e. The maximum absolute atomic E-state index is 10.7. The third kappa shape index (κ3) is 3.67. The third-order valence-corrected chi connectivity index (χ3v) is 3.90. The summed E-state index contributed by atoms with van der Waals surface area (Å²) in [4.78, 5) is 10.7. The second-order valence-electron chi connectivity index (χ2n) is 5.48. The highest BCUT2D eigenvalue weighted by Gasteiger charge is 2.06. The predicted molar refractivity (Wildman–Crippen MR) is 90.6 cm³/mol. The molecule has 0 atom stereocenters. The van der Waals surface area contributed by atoms with Crippen molar-refractivity contribution in [2.24, 2.45) is 0 Å². The average molecular weight is 301 g/mol. The van der Waals surface area contributed by atoms with Gasteiger partial charge in [-0.2, -0.15) is 0 Å². The highest BCUT2D eigenvalue weighted by molar-refractivity contribution is 5.75. The molecule has 0 spiro atoms. The van der Waals surface area contributed by atoms with Gasteiger partial charge < -0.3 is 9.90 Å². The normalized spacial score (nSPS) is 10.4. The molecule has 0 N–H and O–H groups in total. The van der Waals surface area contributed by atoms with Crippen molar-refractivity contribution in [2.75, 3.05) is 0 Å². The first-order chi connectivity index (χ1) is 11.2. The largest absolute Gasteiger partial charge is 0.550 e. The van der Waals surface area contributed by atoms with E-state index in [1.165, 1.54) is 5.56 Å². The van der Waals surface area contributed by atoms with Crippen LogP contribution in [0, 0.1) is 0 Å². The van der Waals surface area contributed by atoms with Crippen LogP contribution in [0.4, 0.5) is 0 Å². The summed E-state index contributed by atoms with van der Waals surface area (Å²) in [6.07, 6.45) is 0.517. The van der Waals surface area contributed by atoms with Gasteiger partial charge in [0.2, 0.25) is 0 Å². The van der Waals surface area contributed by atoms with Crippen LogP contribution in [0.5, 0.6) is 0 Å². The van der Waals surface area contributed by atoms with Crippen LogP contribution in [-0.2, 0) is 11.2 Å². The lowest BCUT2D eigenvalue weighted by Crippen LogP contribution is -2.22. The van der Waals surface area contributed by atoms with Crippen molar-refractivity contribution in [3.63, 3.8) is 0 Å². The Hall–Kier alpha value is -2.87. The Morgan fingerprint density at radius 2 is 1.39 bits per heavy atom. The summed E-state index contributed by atoms with van der Waals surface area (Å²) in [7, 11) is 0. The van der Waals surface area contributed by atoms with Crippen molar-refractivity contribution in [3.8, 4) is 22.3 Å². The number of aryl methyl sites for hydroxylation is 1. The molecule has 0 aliphatic rings. The van der Waals surface area contributed by atoms with Gasteiger partial charge in [0, 0.05) is 5.97 Å². The fourth-order valence-electron chi connectivity index (χ4n) is 2.75. The molecule has 23 heavy (non-hydrogen) atoms. The van der Waals surface area contributed by atoms with E-state index < -0.39 is 5.97 Å². The molecule has 0 aliphatic carbocycles. The van der Waals surface area contributed by atoms with Crippen LogP contribution in [0.1, 0.15) is 12.0 Å². The summed E-state index contributed by atoms with van der Waals surface area (Å²) >= 11 is 0. The summed E-state index contributed by atoms with van der Waals surface area (Å²) in [6.45, 7) is 0. The van der Waals surface area contributed by atoms with E-state index in [-0.39, 0.29) is 6.42 Å². The Bertz CT molecular complexity index is 807. The van der Waals surface area contributed by atoms with Gasteiger partial charge in [0.1, 0.15) is 0 Å². The van der Waals surface area contributed by atoms with Gasteiger partial charge in [0.25, 0.3) is 0 Å². The van der Waals surface area contributed by atoms with Gasteiger partial charge in [0.15, 0.2) is 0 Å². The molecule has 0 bridgehead atoms. The van der Waals surface area contributed by atoms with Crippen molar-refractivity contribution in [1.82, 2.24) is 0 Å². The minimum Gasteiger partial charge on any atom is -0.550 e. The average Bonchev–Trinajstić information content (AvgIpc) is 2.61. The zero-order chi connectivity index (χ0) is 16.1. The molecule has 114 valence electrons. The molecule has 3 aromatic carbocycles. The number of hydrogen-bond acceptors (Lipinski definition) is 2. The molecule has 3 aromatic rings. The standard InChI is InChI=1S/C21H18O2/c22-21(23)14-13-17-9-4-5-12-20(17)19-11-6-10-18(15-19)16-7-2-1-3-8-16/h1-12,15H,13-14H2,(H,22,23)/p-1. The van der Waals surface area contributed by atoms with E-state index in [1.807, 2.05) is 48.5 Å². The summed E-state index contributed by atoms with van der Waals surface area (Å²) < 4.78 is 0. The Morgan fingerprint density at radius 3 is 2.17 bits per heavy atom. The predicted octanol–water partition coefficient (Wildman–Crippen LogP) is 3.70. The molecule has 0 unspecified atom stereocenters. The molecule has 3 rings (SSSR count). The van der Waals surface area contributed by atoms with Gasteiger partial charge in [-0.3, -0.25) is 0 Å². The second-order valence-corrected chi connectivity index (χ2v) is 5.48. The van der Waals surface area contributed by atoms with Gasteiger partial charge in [-0.05, 0) is 46.7 Å². The molecule has 0 fully saturated rings. The smallest absolute Gasteiger partial charge is 0.0417 e. The number of aliphatic carboxylic acids is 1. The fourth-order valence-corrected chi connectivity index (χ4v) is 2.75. The number of hydrogen-bond donors (Lipinski definition) is 0. The van der Waals surface area contributed by atoms with Crippen LogP contribution in [0.15, 0.2) is 78.9 Å². The van der Waals surface area contributed by atoms with Crippen LogP contribution in [0.25, 0.3) is 22.3 Å². The summed E-state index contributed by atoms with van der Waals surface area (Å²) in [6, 6.07) is 26.5. The Balaban J connectivity index is 1.98. The molecule has 0 radical (unpaired) electrons.